The van der Waals surface area contributed by atoms with Crippen molar-refractivity contribution in [2.45, 2.75) is 13.8 Å². The smallest absolute Gasteiger partial charge is 0.264 e. The van der Waals surface area contributed by atoms with Crippen molar-refractivity contribution in [2.75, 3.05) is 26.3 Å². The van der Waals surface area contributed by atoms with Crippen LogP contribution in [0.25, 0.3) is 0 Å². The fourth-order valence-electron chi connectivity index (χ4n) is 1.60. The molecule has 15 heavy (non-hydrogen) atoms. The van der Waals surface area contributed by atoms with E-state index < -0.39 is 0 Å². The molecule has 2 rings (SSSR count). The molecule has 1 aromatic heterocycles. The van der Waals surface area contributed by atoms with Gasteiger partial charge in [0.15, 0.2) is 0 Å². The van der Waals surface area contributed by atoms with E-state index in [1.807, 2.05) is 17.9 Å². The van der Waals surface area contributed by atoms with E-state index in [0.29, 0.717) is 13.2 Å². The molecule has 1 aliphatic rings. The topological polar surface area (TPSA) is 29.5 Å². The van der Waals surface area contributed by atoms with E-state index in [0.717, 1.165) is 18.0 Å². The van der Waals surface area contributed by atoms with Crippen molar-refractivity contribution >= 4 is 17.2 Å². The molecule has 0 N–H and O–H groups in total. The molecule has 0 spiro atoms. The third kappa shape index (κ3) is 2.21. The van der Waals surface area contributed by atoms with Gasteiger partial charge in [0, 0.05) is 18.0 Å². The molecule has 82 valence electrons. The number of hydrogen-bond donors (Lipinski definition) is 0. The molecule has 4 heteroatoms. The minimum atomic E-state index is 0.152. The summed E-state index contributed by atoms with van der Waals surface area (Å²) in [6.07, 6.45) is 0. The maximum Gasteiger partial charge on any atom is 0.264 e. The van der Waals surface area contributed by atoms with Crippen molar-refractivity contribution in [3.05, 3.63) is 21.4 Å². The minimum absolute atomic E-state index is 0.152. The number of carbonyl (C=O) groups excluding carboxylic acids is 1. The van der Waals surface area contributed by atoms with Crippen molar-refractivity contribution in [3.8, 4) is 0 Å². The standard InChI is InChI=1S/C11H15NO2S/c1-8-7-10(15-9(8)2)11(13)12-3-5-14-6-4-12/h7H,3-6H2,1-2H3. The summed E-state index contributed by atoms with van der Waals surface area (Å²) >= 11 is 1.58. The molecule has 2 heterocycles. The largest absolute Gasteiger partial charge is 0.378 e. The quantitative estimate of drug-likeness (QED) is 0.730. The Kier molecular flexibility index (Phi) is 3.07. The monoisotopic (exact) mass is 225 g/mol. The van der Waals surface area contributed by atoms with Crippen LogP contribution in [0.3, 0.4) is 0 Å². The van der Waals surface area contributed by atoms with Crippen LogP contribution in [0.4, 0.5) is 0 Å². The molecule has 0 aliphatic carbocycles. The van der Waals surface area contributed by atoms with Crippen LogP contribution >= 0.6 is 11.3 Å². The Morgan fingerprint density at radius 3 is 2.60 bits per heavy atom. The van der Waals surface area contributed by atoms with Gasteiger partial charge >= 0.3 is 0 Å². The van der Waals surface area contributed by atoms with Crippen LogP contribution < -0.4 is 0 Å². The molecule has 0 radical (unpaired) electrons. The van der Waals surface area contributed by atoms with E-state index in [1.54, 1.807) is 11.3 Å². The Balaban J connectivity index is 2.12. The lowest BCUT2D eigenvalue weighted by atomic mass is 10.2. The highest BCUT2D eigenvalue weighted by atomic mass is 32.1. The van der Waals surface area contributed by atoms with Gasteiger partial charge in [-0.2, -0.15) is 0 Å². The van der Waals surface area contributed by atoms with E-state index >= 15 is 0 Å². The Hall–Kier alpha value is -0.870. The summed E-state index contributed by atoms with van der Waals surface area (Å²) in [5.41, 5.74) is 1.21. The zero-order valence-corrected chi connectivity index (χ0v) is 9.89. The Morgan fingerprint density at radius 1 is 1.40 bits per heavy atom. The van der Waals surface area contributed by atoms with Crippen LogP contribution in [0.1, 0.15) is 20.1 Å². The first-order valence-corrected chi connectivity index (χ1v) is 5.94. The van der Waals surface area contributed by atoms with Crippen molar-refractivity contribution in [1.29, 1.82) is 0 Å². The Morgan fingerprint density at radius 2 is 2.07 bits per heavy atom. The molecule has 0 aromatic carbocycles. The van der Waals surface area contributed by atoms with Crippen LogP contribution in [0, 0.1) is 13.8 Å². The molecule has 0 saturated carbocycles. The highest BCUT2D eigenvalue weighted by Gasteiger charge is 2.20. The maximum absolute atomic E-state index is 12.0. The first-order valence-electron chi connectivity index (χ1n) is 5.12. The molecule has 1 amide bonds. The molecular formula is C11H15NO2S. The van der Waals surface area contributed by atoms with Gasteiger partial charge in [0.2, 0.25) is 0 Å². The highest BCUT2D eigenvalue weighted by Crippen LogP contribution is 2.22. The third-order valence-corrected chi connectivity index (χ3v) is 3.82. The van der Waals surface area contributed by atoms with Gasteiger partial charge in [0.25, 0.3) is 5.91 Å². The summed E-state index contributed by atoms with van der Waals surface area (Å²) < 4.78 is 5.22. The number of nitrogens with zero attached hydrogens (tertiary/aromatic N) is 1. The first-order chi connectivity index (χ1) is 7.18. The van der Waals surface area contributed by atoms with Crippen LogP contribution in [-0.4, -0.2) is 37.1 Å². The average molecular weight is 225 g/mol. The van der Waals surface area contributed by atoms with E-state index in [4.69, 9.17) is 4.74 Å². The lowest BCUT2D eigenvalue weighted by Crippen LogP contribution is -2.40. The summed E-state index contributed by atoms with van der Waals surface area (Å²) in [7, 11) is 0. The normalized spacial score (nSPS) is 16.8. The summed E-state index contributed by atoms with van der Waals surface area (Å²) in [5.74, 6) is 0.152. The molecule has 1 aliphatic heterocycles. The van der Waals surface area contributed by atoms with Crippen molar-refractivity contribution in [3.63, 3.8) is 0 Å². The van der Waals surface area contributed by atoms with E-state index in [-0.39, 0.29) is 5.91 Å². The van der Waals surface area contributed by atoms with Gasteiger partial charge in [-0.05, 0) is 25.5 Å². The van der Waals surface area contributed by atoms with Gasteiger partial charge in [-0.15, -0.1) is 11.3 Å². The lowest BCUT2D eigenvalue weighted by molar-refractivity contribution is 0.0306. The zero-order valence-electron chi connectivity index (χ0n) is 9.08. The zero-order chi connectivity index (χ0) is 10.8. The molecule has 3 nitrogen and oxygen atoms in total. The van der Waals surface area contributed by atoms with Gasteiger partial charge in [-0.1, -0.05) is 0 Å². The summed E-state index contributed by atoms with van der Waals surface area (Å²) in [6, 6.07) is 1.98. The fraction of sp³-hybridized carbons (Fsp3) is 0.545. The van der Waals surface area contributed by atoms with Gasteiger partial charge in [0.1, 0.15) is 0 Å². The number of hydrogen-bond acceptors (Lipinski definition) is 3. The lowest BCUT2D eigenvalue weighted by Gasteiger charge is -2.26. The van der Waals surface area contributed by atoms with Crippen molar-refractivity contribution in [1.82, 2.24) is 4.90 Å². The molecule has 0 unspecified atom stereocenters. The number of amides is 1. The summed E-state index contributed by atoms with van der Waals surface area (Å²) in [6.45, 7) is 6.85. The molecule has 1 aromatic rings. The number of aryl methyl sites for hydroxylation is 2. The van der Waals surface area contributed by atoms with Crippen LogP contribution in [-0.2, 0) is 4.74 Å². The SMILES string of the molecule is Cc1cc(C(=O)N2CCOCC2)sc1C. The van der Waals surface area contributed by atoms with Crippen molar-refractivity contribution < 1.29 is 9.53 Å². The van der Waals surface area contributed by atoms with Gasteiger partial charge in [-0.25, -0.2) is 0 Å². The van der Waals surface area contributed by atoms with E-state index in [2.05, 4.69) is 6.92 Å². The second-order valence-corrected chi connectivity index (χ2v) is 5.01. The second-order valence-electron chi connectivity index (χ2n) is 3.75. The summed E-state index contributed by atoms with van der Waals surface area (Å²) in [5, 5.41) is 0. The molecule has 1 saturated heterocycles. The summed E-state index contributed by atoms with van der Waals surface area (Å²) in [4.78, 5) is 16.0. The van der Waals surface area contributed by atoms with E-state index in [1.165, 1.54) is 10.4 Å². The third-order valence-electron chi connectivity index (χ3n) is 2.68. The number of rotatable bonds is 1. The molecule has 0 bridgehead atoms. The van der Waals surface area contributed by atoms with Crippen LogP contribution in [0.5, 0.6) is 0 Å². The van der Waals surface area contributed by atoms with Gasteiger partial charge < -0.3 is 9.64 Å². The predicted molar refractivity (Wildman–Crippen MR) is 60.5 cm³/mol. The number of morpholine rings is 1. The van der Waals surface area contributed by atoms with Crippen molar-refractivity contribution in [2.24, 2.45) is 0 Å². The molecule has 1 fully saturated rings. The number of thiophene rings is 1. The average Bonchev–Trinajstić information content (AvgIpc) is 2.59. The predicted octanol–water partition coefficient (Wildman–Crippen LogP) is 1.84. The van der Waals surface area contributed by atoms with Gasteiger partial charge in [-0.3, -0.25) is 4.79 Å². The second kappa shape index (κ2) is 4.33. The maximum atomic E-state index is 12.0. The number of carbonyl (C=O) groups is 1. The molecule has 0 atom stereocenters. The first kappa shape index (κ1) is 10.6. The highest BCUT2D eigenvalue weighted by molar-refractivity contribution is 7.14. The van der Waals surface area contributed by atoms with Gasteiger partial charge in [0.05, 0.1) is 18.1 Å². The van der Waals surface area contributed by atoms with E-state index in [9.17, 15) is 4.79 Å². The minimum Gasteiger partial charge on any atom is -0.378 e. The van der Waals surface area contributed by atoms with Crippen LogP contribution in [0.15, 0.2) is 6.07 Å². The number of ether oxygens (including phenoxy) is 1. The van der Waals surface area contributed by atoms with Crippen LogP contribution in [0.2, 0.25) is 0 Å². The fourth-order valence-corrected chi connectivity index (χ4v) is 2.60. The Labute approximate surface area is 93.7 Å². The Bertz CT molecular complexity index is 347. The molecular weight excluding hydrogens is 210 g/mol.